The summed E-state index contributed by atoms with van der Waals surface area (Å²) in [5, 5.41) is 23.0. The van der Waals surface area contributed by atoms with Crippen LogP contribution in [0.5, 0.6) is 11.5 Å². The molecular weight excluding hydrogens is 451 g/mol. The molecular formula is C27H25FN2O5. The first-order valence-corrected chi connectivity index (χ1v) is 12.0. The van der Waals surface area contributed by atoms with Crippen LogP contribution in [0, 0.1) is 18.7 Å². The fourth-order valence-corrected chi connectivity index (χ4v) is 8.01. The molecule has 5 aliphatic rings. The van der Waals surface area contributed by atoms with Gasteiger partial charge >= 0.3 is 0 Å². The van der Waals surface area contributed by atoms with Gasteiger partial charge < -0.3 is 14.9 Å². The highest BCUT2D eigenvalue weighted by Crippen LogP contribution is 2.73. The third-order valence-corrected chi connectivity index (χ3v) is 9.19. The molecule has 2 saturated carbocycles. The Hall–Kier alpha value is -3.23. The van der Waals surface area contributed by atoms with Gasteiger partial charge in [0.15, 0.2) is 11.5 Å². The summed E-state index contributed by atoms with van der Waals surface area (Å²) in [5.41, 5.74) is -0.118. The number of piperidine rings is 1. The number of imide groups is 1. The Kier molecular flexibility index (Phi) is 3.92. The summed E-state index contributed by atoms with van der Waals surface area (Å²) in [7, 11) is 0. The van der Waals surface area contributed by atoms with Crippen molar-refractivity contribution >= 4 is 11.8 Å². The number of amides is 2. The molecule has 6 atom stereocenters. The van der Waals surface area contributed by atoms with Crippen LogP contribution in [0.25, 0.3) is 0 Å². The van der Waals surface area contributed by atoms with E-state index >= 15 is 0 Å². The van der Waals surface area contributed by atoms with E-state index < -0.39 is 40.8 Å². The van der Waals surface area contributed by atoms with E-state index in [1.165, 1.54) is 17.0 Å². The lowest BCUT2D eigenvalue weighted by Crippen LogP contribution is -2.92. The van der Waals surface area contributed by atoms with Gasteiger partial charge in [0.1, 0.15) is 11.9 Å². The molecule has 2 N–H and O–H groups in total. The second-order valence-electron chi connectivity index (χ2n) is 10.5. The number of ether oxygens (including phenoxy) is 1. The van der Waals surface area contributed by atoms with E-state index in [0.717, 1.165) is 17.2 Å². The summed E-state index contributed by atoms with van der Waals surface area (Å²) in [4.78, 5) is 30.2. The van der Waals surface area contributed by atoms with Gasteiger partial charge in [-0.1, -0.05) is 12.1 Å². The standard InChI is InChI=1S/C27H25FN2O5/c1-3-10-29-12-17-22(29)26(34)9-8-18(30-24(32)15-6-5-14(28)11-16(15)25(30)33)23-27(17,26)20-13(2)4-7-19(31)21(20)35-23/h3-7,11,17-18,22-23,31,34H,1,8-10,12H2,2H3/t17?,18-,22+,23-,26+,27-/m0/s1. The number of phenolic OH excluding ortho intramolecular Hbond substituents is 1. The number of aryl methyl sites for hydroxylation is 1. The van der Waals surface area contributed by atoms with Gasteiger partial charge in [-0.05, 0) is 49.6 Å². The predicted molar refractivity (Wildman–Crippen MR) is 123 cm³/mol. The van der Waals surface area contributed by atoms with Crippen molar-refractivity contribution in [2.24, 2.45) is 5.92 Å². The molecule has 0 aromatic heterocycles. The molecule has 180 valence electrons. The van der Waals surface area contributed by atoms with Gasteiger partial charge in [-0.3, -0.25) is 19.4 Å². The lowest BCUT2D eigenvalue weighted by Gasteiger charge is -2.77. The highest BCUT2D eigenvalue weighted by molar-refractivity contribution is 6.21. The molecule has 2 amide bonds. The molecule has 8 heteroatoms. The van der Waals surface area contributed by atoms with E-state index in [1.807, 2.05) is 19.1 Å². The quantitative estimate of drug-likeness (QED) is 0.523. The van der Waals surface area contributed by atoms with E-state index in [1.54, 1.807) is 6.07 Å². The van der Waals surface area contributed by atoms with Crippen molar-refractivity contribution in [2.75, 3.05) is 13.1 Å². The van der Waals surface area contributed by atoms with Crippen LogP contribution in [0.1, 0.15) is 44.7 Å². The van der Waals surface area contributed by atoms with Gasteiger partial charge in [0.2, 0.25) is 0 Å². The summed E-state index contributed by atoms with van der Waals surface area (Å²) in [5.74, 6) is -1.27. The van der Waals surface area contributed by atoms with Crippen LogP contribution in [0.15, 0.2) is 43.0 Å². The van der Waals surface area contributed by atoms with Crippen molar-refractivity contribution in [1.82, 2.24) is 9.80 Å². The topological polar surface area (TPSA) is 90.3 Å². The van der Waals surface area contributed by atoms with E-state index in [-0.39, 0.29) is 28.8 Å². The van der Waals surface area contributed by atoms with Gasteiger partial charge in [-0.25, -0.2) is 4.39 Å². The van der Waals surface area contributed by atoms with Crippen molar-refractivity contribution < 1.29 is 28.9 Å². The molecule has 0 radical (unpaired) electrons. The second kappa shape index (κ2) is 6.50. The number of aliphatic hydroxyl groups is 1. The molecule has 0 bridgehead atoms. The Morgan fingerprint density at radius 1 is 1.23 bits per heavy atom. The minimum absolute atomic E-state index is 0.0226. The number of phenols is 1. The van der Waals surface area contributed by atoms with Crippen LogP contribution in [-0.2, 0) is 5.41 Å². The maximum Gasteiger partial charge on any atom is 0.262 e. The normalized spacial score (nSPS) is 36.3. The van der Waals surface area contributed by atoms with Crippen LogP contribution < -0.4 is 4.74 Å². The van der Waals surface area contributed by atoms with Crippen LogP contribution in [0.4, 0.5) is 4.39 Å². The zero-order chi connectivity index (χ0) is 24.4. The predicted octanol–water partition coefficient (Wildman–Crippen LogP) is 2.53. The van der Waals surface area contributed by atoms with E-state index in [4.69, 9.17) is 4.74 Å². The lowest BCUT2D eigenvalue weighted by molar-refractivity contribution is -0.318. The Bertz CT molecular complexity index is 1360. The first-order valence-electron chi connectivity index (χ1n) is 12.0. The summed E-state index contributed by atoms with van der Waals surface area (Å²) < 4.78 is 20.3. The highest BCUT2D eigenvalue weighted by atomic mass is 19.1. The average molecular weight is 477 g/mol. The zero-order valence-corrected chi connectivity index (χ0v) is 19.2. The number of carbonyl (C=O) groups excluding carboxylic acids is 2. The minimum Gasteiger partial charge on any atom is -0.504 e. The Morgan fingerprint density at radius 2 is 2.00 bits per heavy atom. The van der Waals surface area contributed by atoms with Crippen LogP contribution in [-0.4, -0.2) is 68.7 Å². The Balaban J connectivity index is 1.37. The molecule has 3 fully saturated rings. The van der Waals surface area contributed by atoms with Crippen LogP contribution in [0.2, 0.25) is 0 Å². The molecule has 35 heavy (non-hydrogen) atoms. The number of hydrogen-bond donors (Lipinski definition) is 2. The molecule has 7 nitrogen and oxygen atoms in total. The number of hydrogen-bond acceptors (Lipinski definition) is 6. The number of fused-ring (bicyclic) bond motifs is 4. The Morgan fingerprint density at radius 3 is 2.77 bits per heavy atom. The SMILES string of the molecule is C=CCN1CC2[C@@H]1[C@]1(O)CC[C@H](N3C(=O)c4ccc(F)cc4C3=O)[C@@H]3Oc4c(O)ccc(C)c4[C@@]231. The first kappa shape index (κ1) is 21.1. The first-order chi connectivity index (χ1) is 16.8. The molecule has 2 aliphatic carbocycles. The largest absolute Gasteiger partial charge is 0.504 e. The van der Waals surface area contributed by atoms with Gasteiger partial charge in [-0.15, -0.1) is 6.58 Å². The maximum atomic E-state index is 13.9. The van der Waals surface area contributed by atoms with Gasteiger partial charge in [0.25, 0.3) is 11.8 Å². The lowest BCUT2D eigenvalue weighted by atomic mass is 9.35. The van der Waals surface area contributed by atoms with E-state index in [9.17, 15) is 24.2 Å². The monoisotopic (exact) mass is 476 g/mol. The summed E-state index contributed by atoms with van der Waals surface area (Å²) in [6.45, 7) is 7.14. The van der Waals surface area contributed by atoms with Crippen LogP contribution in [0.3, 0.4) is 0 Å². The third-order valence-electron chi connectivity index (χ3n) is 9.19. The number of rotatable bonds is 3. The van der Waals surface area contributed by atoms with Crippen molar-refractivity contribution in [3.8, 4) is 11.5 Å². The fraction of sp³-hybridized carbons (Fsp3) is 0.407. The van der Waals surface area contributed by atoms with Crippen LogP contribution >= 0.6 is 0 Å². The van der Waals surface area contributed by atoms with Gasteiger partial charge in [0, 0.05) is 30.6 Å². The molecule has 1 spiro atoms. The van der Waals surface area contributed by atoms with Crippen molar-refractivity contribution in [3.05, 3.63) is 71.1 Å². The molecule has 1 saturated heterocycles. The van der Waals surface area contributed by atoms with Crippen molar-refractivity contribution in [1.29, 1.82) is 0 Å². The highest BCUT2D eigenvalue weighted by Gasteiger charge is 2.85. The average Bonchev–Trinajstić information content (AvgIpc) is 3.30. The third kappa shape index (κ3) is 2.15. The number of nitrogens with zero attached hydrogens (tertiary/aromatic N) is 2. The van der Waals surface area contributed by atoms with E-state index in [2.05, 4.69) is 11.5 Å². The number of carbonyl (C=O) groups is 2. The Labute approximate surface area is 201 Å². The number of benzene rings is 2. The minimum atomic E-state index is -1.14. The fourth-order valence-electron chi connectivity index (χ4n) is 8.01. The maximum absolute atomic E-state index is 13.9. The molecule has 2 aromatic rings. The summed E-state index contributed by atoms with van der Waals surface area (Å²) in [6.07, 6.45) is 1.81. The molecule has 2 aromatic carbocycles. The molecule has 7 rings (SSSR count). The van der Waals surface area contributed by atoms with Crippen molar-refractivity contribution in [2.45, 2.75) is 49.0 Å². The zero-order valence-electron chi connectivity index (χ0n) is 19.2. The molecule has 1 unspecified atom stereocenters. The van der Waals surface area contributed by atoms with E-state index in [0.29, 0.717) is 31.7 Å². The number of aromatic hydroxyl groups is 1. The molecule has 3 aliphatic heterocycles. The van der Waals surface area contributed by atoms with Crippen molar-refractivity contribution in [3.63, 3.8) is 0 Å². The van der Waals surface area contributed by atoms with Gasteiger partial charge in [-0.2, -0.15) is 0 Å². The molecule has 3 heterocycles. The second-order valence-corrected chi connectivity index (χ2v) is 10.5. The number of likely N-dealkylation sites (tertiary alicyclic amines) is 1. The van der Waals surface area contributed by atoms with Gasteiger partial charge in [0.05, 0.1) is 28.2 Å². The smallest absolute Gasteiger partial charge is 0.262 e. The number of halogens is 1. The summed E-state index contributed by atoms with van der Waals surface area (Å²) >= 11 is 0. The summed E-state index contributed by atoms with van der Waals surface area (Å²) in [6, 6.07) is 6.26.